The Hall–Kier alpha value is -0.300. The van der Waals surface area contributed by atoms with Gasteiger partial charge in [0.05, 0.1) is 6.10 Å². The third-order valence-electron chi connectivity index (χ3n) is 2.01. The van der Waals surface area contributed by atoms with Crippen LogP contribution in [0.3, 0.4) is 0 Å². The first-order valence-corrected chi connectivity index (χ1v) is 3.62. The van der Waals surface area contributed by atoms with Gasteiger partial charge in [0.2, 0.25) is 0 Å². The molecule has 1 unspecified atom stereocenters. The van der Waals surface area contributed by atoms with Crippen LogP contribution in [0.4, 0.5) is 0 Å². The molecule has 0 radical (unpaired) electrons. The summed E-state index contributed by atoms with van der Waals surface area (Å²) in [7, 11) is 0. The van der Waals surface area contributed by atoms with E-state index in [2.05, 4.69) is 6.58 Å². The van der Waals surface area contributed by atoms with Crippen molar-refractivity contribution in [3.8, 4) is 0 Å². The molecule has 0 aromatic heterocycles. The van der Waals surface area contributed by atoms with Crippen LogP contribution in [0.15, 0.2) is 12.7 Å². The van der Waals surface area contributed by atoms with Crippen molar-refractivity contribution < 1.29 is 5.11 Å². The summed E-state index contributed by atoms with van der Waals surface area (Å²) in [5, 5.41) is 9.09. The lowest BCUT2D eigenvalue weighted by Gasteiger charge is -2.02. The molecule has 0 spiro atoms. The molecule has 0 aliphatic heterocycles. The fourth-order valence-corrected chi connectivity index (χ4v) is 1.50. The van der Waals surface area contributed by atoms with E-state index in [1.165, 1.54) is 6.42 Å². The van der Waals surface area contributed by atoms with E-state index >= 15 is 0 Å². The lowest BCUT2D eigenvalue weighted by Crippen LogP contribution is -1.98. The van der Waals surface area contributed by atoms with Gasteiger partial charge in [-0.1, -0.05) is 6.08 Å². The highest BCUT2D eigenvalue weighted by Crippen LogP contribution is 2.27. The minimum atomic E-state index is -0.0186. The van der Waals surface area contributed by atoms with E-state index in [9.17, 15) is 0 Å². The second-order valence-electron chi connectivity index (χ2n) is 2.86. The molecule has 1 rings (SSSR count). The van der Waals surface area contributed by atoms with E-state index in [4.69, 9.17) is 5.11 Å². The fraction of sp³-hybridized carbons (Fsp3) is 0.750. The molecule has 0 saturated heterocycles. The first-order chi connectivity index (χ1) is 4.33. The van der Waals surface area contributed by atoms with E-state index in [1.54, 1.807) is 0 Å². The molecule has 1 N–H and O–H groups in total. The summed E-state index contributed by atoms with van der Waals surface area (Å²) in [6.07, 6.45) is 6.19. The van der Waals surface area contributed by atoms with Crippen LogP contribution in [0.1, 0.15) is 25.7 Å². The molecule has 1 heteroatoms. The van der Waals surface area contributed by atoms with Crippen LogP contribution in [0.2, 0.25) is 0 Å². The summed E-state index contributed by atoms with van der Waals surface area (Å²) >= 11 is 0. The molecule has 0 heterocycles. The zero-order valence-electron chi connectivity index (χ0n) is 5.71. The molecule has 2 atom stereocenters. The van der Waals surface area contributed by atoms with Gasteiger partial charge in [0.25, 0.3) is 0 Å². The highest BCUT2D eigenvalue weighted by molar-refractivity contribution is 4.80. The first kappa shape index (κ1) is 6.81. The second-order valence-corrected chi connectivity index (χ2v) is 2.86. The van der Waals surface area contributed by atoms with Crippen LogP contribution in [0, 0.1) is 5.92 Å². The summed E-state index contributed by atoms with van der Waals surface area (Å²) in [5.41, 5.74) is 0. The third kappa shape index (κ3) is 1.83. The van der Waals surface area contributed by atoms with E-state index in [1.807, 2.05) is 6.08 Å². The monoisotopic (exact) mass is 126 g/mol. The van der Waals surface area contributed by atoms with Crippen LogP contribution in [0.25, 0.3) is 0 Å². The minimum absolute atomic E-state index is 0.0186. The van der Waals surface area contributed by atoms with Crippen LogP contribution in [-0.4, -0.2) is 11.2 Å². The normalized spacial score (nSPS) is 34.8. The number of aliphatic hydroxyl groups excluding tert-OH is 1. The number of hydrogen-bond acceptors (Lipinski definition) is 1. The molecule has 9 heavy (non-hydrogen) atoms. The molecule has 1 fully saturated rings. The van der Waals surface area contributed by atoms with Crippen molar-refractivity contribution in [1.82, 2.24) is 0 Å². The van der Waals surface area contributed by atoms with E-state index < -0.39 is 0 Å². The fourth-order valence-electron chi connectivity index (χ4n) is 1.50. The van der Waals surface area contributed by atoms with Gasteiger partial charge in [-0.3, -0.25) is 0 Å². The van der Waals surface area contributed by atoms with Crippen molar-refractivity contribution in [1.29, 1.82) is 0 Å². The minimum Gasteiger partial charge on any atom is -0.393 e. The average molecular weight is 126 g/mol. The molecule has 52 valence electrons. The standard InChI is InChI=1S/C8H14O/c1-2-3-7-4-5-8(9)6-7/h2,7-9H,1,3-6H2/t7-,8?/m0/s1. The van der Waals surface area contributed by atoms with Gasteiger partial charge in [0.1, 0.15) is 0 Å². The predicted molar refractivity (Wildman–Crippen MR) is 38.2 cm³/mol. The highest BCUT2D eigenvalue weighted by Gasteiger charge is 2.20. The predicted octanol–water partition coefficient (Wildman–Crippen LogP) is 1.72. The quantitative estimate of drug-likeness (QED) is 0.558. The van der Waals surface area contributed by atoms with E-state index in [-0.39, 0.29) is 6.10 Å². The molecule has 0 aromatic carbocycles. The van der Waals surface area contributed by atoms with Crippen LogP contribution in [-0.2, 0) is 0 Å². The first-order valence-electron chi connectivity index (χ1n) is 3.62. The Kier molecular flexibility index (Phi) is 2.29. The largest absolute Gasteiger partial charge is 0.393 e. The maximum atomic E-state index is 9.09. The van der Waals surface area contributed by atoms with E-state index in [0.717, 1.165) is 25.2 Å². The number of allylic oxidation sites excluding steroid dienone is 1. The Labute approximate surface area is 56.4 Å². The maximum Gasteiger partial charge on any atom is 0.0543 e. The summed E-state index contributed by atoms with van der Waals surface area (Å²) in [4.78, 5) is 0. The topological polar surface area (TPSA) is 20.2 Å². The lowest BCUT2D eigenvalue weighted by atomic mass is 10.0. The van der Waals surface area contributed by atoms with Gasteiger partial charge < -0.3 is 5.11 Å². The zero-order valence-corrected chi connectivity index (χ0v) is 5.71. The molecule has 0 aromatic rings. The van der Waals surface area contributed by atoms with Crippen LogP contribution in [0.5, 0.6) is 0 Å². The average Bonchev–Trinajstić information content (AvgIpc) is 2.17. The van der Waals surface area contributed by atoms with Crippen molar-refractivity contribution in [2.75, 3.05) is 0 Å². The Morgan fingerprint density at radius 1 is 1.56 bits per heavy atom. The Balaban J connectivity index is 2.21. The van der Waals surface area contributed by atoms with Crippen LogP contribution < -0.4 is 0 Å². The molecule has 1 aliphatic rings. The summed E-state index contributed by atoms with van der Waals surface area (Å²) in [6, 6.07) is 0. The lowest BCUT2D eigenvalue weighted by molar-refractivity contribution is 0.178. The molecular weight excluding hydrogens is 112 g/mol. The Bertz CT molecular complexity index is 98.7. The molecule has 0 bridgehead atoms. The third-order valence-corrected chi connectivity index (χ3v) is 2.01. The summed E-state index contributed by atoms with van der Waals surface area (Å²) in [6.45, 7) is 3.67. The van der Waals surface area contributed by atoms with Crippen molar-refractivity contribution in [3.63, 3.8) is 0 Å². The highest BCUT2D eigenvalue weighted by atomic mass is 16.3. The SMILES string of the molecule is C=CC[C@H]1CCC(O)C1. The van der Waals surface area contributed by atoms with Gasteiger partial charge in [0.15, 0.2) is 0 Å². The number of hydrogen-bond donors (Lipinski definition) is 1. The van der Waals surface area contributed by atoms with Gasteiger partial charge in [0, 0.05) is 0 Å². The van der Waals surface area contributed by atoms with Gasteiger partial charge in [-0.2, -0.15) is 0 Å². The molecule has 1 saturated carbocycles. The molecule has 1 nitrogen and oxygen atoms in total. The Morgan fingerprint density at radius 2 is 2.33 bits per heavy atom. The molecule has 0 amide bonds. The van der Waals surface area contributed by atoms with Crippen molar-refractivity contribution >= 4 is 0 Å². The molecular formula is C8H14O. The van der Waals surface area contributed by atoms with Gasteiger partial charge in [-0.15, -0.1) is 6.58 Å². The zero-order chi connectivity index (χ0) is 6.69. The Morgan fingerprint density at radius 3 is 2.78 bits per heavy atom. The number of aliphatic hydroxyl groups is 1. The second kappa shape index (κ2) is 3.02. The molecule has 1 aliphatic carbocycles. The summed E-state index contributed by atoms with van der Waals surface area (Å²) < 4.78 is 0. The van der Waals surface area contributed by atoms with Crippen molar-refractivity contribution in [3.05, 3.63) is 12.7 Å². The van der Waals surface area contributed by atoms with Gasteiger partial charge in [-0.05, 0) is 31.6 Å². The number of rotatable bonds is 2. The summed E-state index contributed by atoms with van der Waals surface area (Å²) in [5.74, 6) is 0.720. The van der Waals surface area contributed by atoms with Gasteiger partial charge in [-0.25, -0.2) is 0 Å². The van der Waals surface area contributed by atoms with E-state index in [0.29, 0.717) is 0 Å². The van der Waals surface area contributed by atoms with Gasteiger partial charge >= 0.3 is 0 Å². The van der Waals surface area contributed by atoms with Crippen molar-refractivity contribution in [2.24, 2.45) is 5.92 Å². The smallest absolute Gasteiger partial charge is 0.0543 e. The van der Waals surface area contributed by atoms with Crippen LogP contribution >= 0.6 is 0 Å². The van der Waals surface area contributed by atoms with Crippen molar-refractivity contribution in [2.45, 2.75) is 31.8 Å². The maximum absolute atomic E-state index is 9.09.